The second-order valence-corrected chi connectivity index (χ2v) is 8.22. The molecule has 0 aliphatic rings. The molecule has 6 rings (SSSR count). The van der Waals surface area contributed by atoms with Gasteiger partial charge in [-0.3, -0.25) is 4.68 Å². The number of ether oxygens (including phenoxy) is 2. The van der Waals surface area contributed by atoms with Crippen LogP contribution in [0.2, 0.25) is 0 Å². The molecule has 0 bridgehead atoms. The Bertz CT molecular complexity index is 1560. The molecule has 0 unspecified atom stereocenters. The van der Waals surface area contributed by atoms with Gasteiger partial charge in [0, 0.05) is 35.5 Å². The normalized spacial score (nSPS) is 9.97. The summed E-state index contributed by atoms with van der Waals surface area (Å²) in [6.45, 7) is 0. The van der Waals surface area contributed by atoms with Crippen LogP contribution in [-0.2, 0) is 21.1 Å². The molecule has 2 heterocycles. The predicted molar refractivity (Wildman–Crippen MR) is 149 cm³/mol. The van der Waals surface area contributed by atoms with Gasteiger partial charge < -0.3 is 9.47 Å². The molecule has 194 valence electrons. The van der Waals surface area contributed by atoms with Crippen molar-refractivity contribution in [1.29, 1.82) is 0 Å². The number of para-hydroxylation sites is 1. The van der Waals surface area contributed by atoms with E-state index in [1.807, 2.05) is 77.7 Å². The van der Waals surface area contributed by atoms with Gasteiger partial charge in [-0.05, 0) is 28.4 Å². The number of rotatable bonds is 6. The van der Waals surface area contributed by atoms with E-state index in [0.29, 0.717) is 17.4 Å². The van der Waals surface area contributed by atoms with Crippen LogP contribution in [0.15, 0.2) is 134 Å². The average molecular weight is 691 g/mol. The second kappa shape index (κ2) is 13.9. The van der Waals surface area contributed by atoms with Crippen molar-refractivity contribution in [1.82, 2.24) is 14.8 Å². The predicted octanol–water partition coefficient (Wildman–Crippen LogP) is 7.69. The van der Waals surface area contributed by atoms with Crippen LogP contribution < -0.4 is 9.47 Å². The monoisotopic (exact) mass is 690 g/mol. The summed E-state index contributed by atoms with van der Waals surface area (Å²) >= 11 is 0. The minimum Gasteiger partial charge on any atom is -0.509 e. The van der Waals surface area contributed by atoms with Gasteiger partial charge in [0.15, 0.2) is 0 Å². The maximum atomic E-state index is 5.83. The number of pyridine rings is 1. The number of aromatic nitrogens is 3. The van der Waals surface area contributed by atoms with Crippen LogP contribution >= 0.6 is 0 Å². The summed E-state index contributed by atoms with van der Waals surface area (Å²) in [6, 6.07) is 44.0. The van der Waals surface area contributed by atoms with Crippen LogP contribution in [0, 0.1) is 12.1 Å². The van der Waals surface area contributed by atoms with E-state index >= 15 is 0 Å². The van der Waals surface area contributed by atoms with E-state index in [2.05, 4.69) is 70.7 Å². The molecule has 39 heavy (non-hydrogen) atoms. The summed E-state index contributed by atoms with van der Waals surface area (Å²) in [5.74, 6) is 1.94. The largest absolute Gasteiger partial charge is 2.00 e. The quantitative estimate of drug-likeness (QED) is 0.168. The molecular weight excluding hydrogens is 665 g/mol. The molecule has 0 spiro atoms. The molecule has 0 saturated carbocycles. The van der Waals surface area contributed by atoms with E-state index in [1.54, 1.807) is 19.4 Å². The number of hydrogen-bond donors (Lipinski definition) is 0. The fraction of sp³-hybridized carbons (Fsp3) is 0.0303. The Kier molecular flexibility index (Phi) is 9.82. The molecule has 6 aromatic rings. The summed E-state index contributed by atoms with van der Waals surface area (Å²) in [4.78, 5) is 3.88. The topological polar surface area (TPSA) is 49.2 Å². The van der Waals surface area contributed by atoms with Crippen molar-refractivity contribution in [3.63, 3.8) is 0 Å². The molecular formula is C33H25N3O2Pt. The maximum absolute atomic E-state index is 5.83. The molecule has 2 aromatic heterocycles. The number of benzene rings is 4. The van der Waals surface area contributed by atoms with Crippen molar-refractivity contribution in [2.24, 2.45) is 0 Å². The summed E-state index contributed by atoms with van der Waals surface area (Å²) in [6.07, 6.45) is 5.56. The molecule has 5 nitrogen and oxygen atoms in total. The zero-order valence-corrected chi connectivity index (χ0v) is 23.4. The molecule has 0 fully saturated rings. The Morgan fingerprint density at radius 2 is 1.36 bits per heavy atom. The fourth-order valence-corrected chi connectivity index (χ4v) is 3.75. The molecule has 0 aliphatic carbocycles. The summed E-state index contributed by atoms with van der Waals surface area (Å²) in [5, 5.41) is 4.51. The van der Waals surface area contributed by atoms with Crippen molar-refractivity contribution in [3.8, 4) is 45.3 Å². The molecule has 4 aromatic carbocycles. The van der Waals surface area contributed by atoms with E-state index in [4.69, 9.17) is 9.47 Å². The van der Waals surface area contributed by atoms with E-state index < -0.39 is 0 Å². The number of hydrogen-bond acceptors (Lipinski definition) is 4. The molecule has 0 atom stereocenters. The van der Waals surface area contributed by atoms with E-state index in [-0.39, 0.29) is 21.1 Å². The van der Waals surface area contributed by atoms with Crippen molar-refractivity contribution in [2.45, 2.75) is 0 Å². The molecule has 0 N–H and O–H groups in total. The first-order chi connectivity index (χ1) is 18.8. The first-order valence-electron chi connectivity index (χ1n) is 12.1. The van der Waals surface area contributed by atoms with Gasteiger partial charge in [-0.2, -0.15) is 29.4 Å². The third-order valence-electron chi connectivity index (χ3n) is 5.66. The SMILES string of the molecule is COc1ccccn1.[Pt+2].[c-]1ccccc1Oc1[c-]c(-n2cc(-c3ccc(-c4ccccc4)cc3)cn2)ccc1. The van der Waals surface area contributed by atoms with Gasteiger partial charge in [-0.1, -0.05) is 60.7 Å². The maximum Gasteiger partial charge on any atom is 2.00 e. The Labute approximate surface area is 243 Å². The molecule has 0 saturated heterocycles. The average Bonchev–Trinajstić information content (AvgIpc) is 3.50. The van der Waals surface area contributed by atoms with E-state index in [9.17, 15) is 0 Å². The van der Waals surface area contributed by atoms with Gasteiger partial charge in [0.1, 0.15) is 0 Å². The van der Waals surface area contributed by atoms with Gasteiger partial charge in [0.2, 0.25) is 5.88 Å². The van der Waals surface area contributed by atoms with Crippen molar-refractivity contribution < 1.29 is 30.5 Å². The van der Waals surface area contributed by atoms with E-state index in [1.165, 1.54) is 11.1 Å². The Hall–Kier alpha value is -4.47. The standard InChI is InChI=1S/C27H18N2O.C6H7NO.Pt/c1-3-8-21(9-4-1)22-14-16-23(17-15-22)24-19-28-29(20-24)25-10-7-13-27(18-25)30-26-11-5-2-6-12-26;1-8-6-4-2-3-5-7-6;/h1-11,13-17,19-20H;2-5H,1H3;/q-2;;+2. The minimum atomic E-state index is 0. The number of nitrogens with zero attached hydrogens (tertiary/aromatic N) is 3. The Morgan fingerprint density at radius 3 is 2.03 bits per heavy atom. The van der Waals surface area contributed by atoms with Crippen LogP contribution in [0.25, 0.3) is 27.9 Å². The van der Waals surface area contributed by atoms with Crippen molar-refractivity contribution in [3.05, 3.63) is 146 Å². The summed E-state index contributed by atoms with van der Waals surface area (Å²) in [5.41, 5.74) is 5.39. The first kappa shape index (κ1) is 27.6. The second-order valence-electron chi connectivity index (χ2n) is 8.22. The van der Waals surface area contributed by atoms with Crippen molar-refractivity contribution in [2.75, 3.05) is 7.11 Å². The van der Waals surface area contributed by atoms with Gasteiger partial charge in [-0.25, -0.2) is 4.98 Å². The number of methoxy groups -OCH3 is 1. The van der Waals surface area contributed by atoms with Gasteiger partial charge in [-0.15, -0.1) is 30.3 Å². The minimum absolute atomic E-state index is 0. The van der Waals surface area contributed by atoms with Crippen LogP contribution in [-0.4, -0.2) is 21.9 Å². The van der Waals surface area contributed by atoms with Gasteiger partial charge >= 0.3 is 21.1 Å². The third-order valence-corrected chi connectivity index (χ3v) is 5.66. The summed E-state index contributed by atoms with van der Waals surface area (Å²) < 4.78 is 12.4. The molecule has 0 amide bonds. The first-order valence-corrected chi connectivity index (χ1v) is 12.1. The Balaban J connectivity index is 0.000000339. The zero-order valence-electron chi connectivity index (χ0n) is 21.2. The fourth-order valence-electron chi connectivity index (χ4n) is 3.75. The zero-order chi connectivity index (χ0) is 26.0. The summed E-state index contributed by atoms with van der Waals surface area (Å²) in [7, 11) is 1.60. The molecule has 0 radical (unpaired) electrons. The Morgan fingerprint density at radius 1 is 0.667 bits per heavy atom. The molecule has 0 aliphatic heterocycles. The third kappa shape index (κ3) is 7.53. The van der Waals surface area contributed by atoms with E-state index in [0.717, 1.165) is 16.8 Å². The van der Waals surface area contributed by atoms with Crippen LogP contribution in [0.3, 0.4) is 0 Å². The smallest absolute Gasteiger partial charge is 0.509 e. The van der Waals surface area contributed by atoms with Crippen molar-refractivity contribution >= 4 is 0 Å². The van der Waals surface area contributed by atoms with Gasteiger partial charge in [0.25, 0.3) is 0 Å². The molecule has 6 heteroatoms. The van der Waals surface area contributed by atoms with Crippen LogP contribution in [0.4, 0.5) is 0 Å². The van der Waals surface area contributed by atoms with Crippen LogP contribution in [0.1, 0.15) is 0 Å². The van der Waals surface area contributed by atoms with Crippen LogP contribution in [0.5, 0.6) is 17.4 Å². The van der Waals surface area contributed by atoms with Gasteiger partial charge in [0.05, 0.1) is 13.3 Å².